The summed E-state index contributed by atoms with van der Waals surface area (Å²) in [5, 5.41) is 9.00. The highest BCUT2D eigenvalue weighted by atomic mass is 16.5. The van der Waals surface area contributed by atoms with Crippen LogP contribution in [0.2, 0.25) is 0 Å². The number of rotatable bonds is 4. The summed E-state index contributed by atoms with van der Waals surface area (Å²) >= 11 is 0. The Hall–Kier alpha value is -1.94. The van der Waals surface area contributed by atoms with Crippen molar-refractivity contribution < 1.29 is 19.4 Å². The maximum absolute atomic E-state index is 11.3. The van der Waals surface area contributed by atoms with Crippen LogP contribution in [-0.2, 0) is 9.53 Å². The molecule has 1 unspecified atom stereocenters. The van der Waals surface area contributed by atoms with Gasteiger partial charge in [-0.3, -0.25) is 4.79 Å². The van der Waals surface area contributed by atoms with Gasteiger partial charge in [0.25, 0.3) is 0 Å². The summed E-state index contributed by atoms with van der Waals surface area (Å²) in [7, 11) is 1.31. The van der Waals surface area contributed by atoms with Crippen LogP contribution in [0.1, 0.15) is 22.8 Å². The number of esters is 1. The van der Waals surface area contributed by atoms with Crippen molar-refractivity contribution in [3.8, 4) is 0 Å². The van der Waals surface area contributed by atoms with Crippen molar-refractivity contribution in [1.29, 1.82) is 0 Å². The highest BCUT2D eigenvalue weighted by Gasteiger charge is 2.06. The van der Waals surface area contributed by atoms with E-state index >= 15 is 0 Å². The molecule has 1 atom stereocenters. The van der Waals surface area contributed by atoms with Crippen molar-refractivity contribution >= 4 is 17.8 Å². The van der Waals surface area contributed by atoms with E-state index in [4.69, 9.17) is 5.11 Å². The van der Waals surface area contributed by atoms with Crippen molar-refractivity contribution in [1.82, 2.24) is 0 Å². The molecule has 1 N–H and O–H groups in total. The van der Waals surface area contributed by atoms with Crippen LogP contribution in [0.3, 0.4) is 0 Å². The summed E-state index contributed by atoms with van der Waals surface area (Å²) in [6.07, 6.45) is 1.80. The summed E-state index contributed by atoms with van der Waals surface area (Å²) in [4.78, 5) is 22.4. The zero-order valence-corrected chi connectivity index (χ0v) is 9.71. The minimum Gasteiger partial charge on any atom is -0.465 e. The van der Waals surface area contributed by atoms with Gasteiger partial charge in [-0.2, -0.15) is 0 Å². The Morgan fingerprint density at radius 1 is 1.41 bits per heavy atom. The smallest absolute Gasteiger partial charge is 0.337 e. The first-order valence-corrected chi connectivity index (χ1v) is 5.13. The molecule has 0 saturated carbocycles. The molecular formula is C13H14O4. The van der Waals surface area contributed by atoms with Gasteiger partial charge >= 0.3 is 5.97 Å². The molecule has 17 heavy (non-hydrogen) atoms. The molecule has 0 aliphatic rings. The van der Waals surface area contributed by atoms with Crippen LogP contribution < -0.4 is 0 Å². The fourth-order valence-electron chi connectivity index (χ4n) is 1.20. The normalized spacial score (nSPS) is 12.4. The number of carbonyl (C=O) groups excluding carboxylic acids is 2. The fraction of sp³-hybridized carbons (Fsp3) is 0.231. The number of methoxy groups -OCH3 is 1. The summed E-state index contributed by atoms with van der Waals surface area (Å²) in [6, 6.07) is 6.67. The van der Waals surface area contributed by atoms with Gasteiger partial charge in [-0.05, 0) is 30.7 Å². The number of hydrogen-bond donors (Lipinski definition) is 1. The lowest BCUT2D eigenvalue weighted by atomic mass is 10.1. The van der Waals surface area contributed by atoms with E-state index in [1.54, 1.807) is 30.3 Å². The van der Waals surface area contributed by atoms with E-state index in [-0.39, 0.29) is 5.78 Å². The highest BCUT2D eigenvalue weighted by molar-refractivity contribution is 5.97. The molecule has 0 aliphatic carbocycles. The maximum Gasteiger partial charge on any atom is 0.337 e. The fourth-order valence-corrected chi connectivity index (χ4v) is 1.20. The summed E-state index contributed by atoms with van der Waals surface area (Å²) in [5.41, 5.74) is 1.11. The minimum absolute atomic E-state index is 0.381. The maximum atomic E-state index is 11.3. The van der Waals surface area contributed by atoms with Gasteiger partial charge in [0.15, 0.2) is 5.78 Å². The average Bonchev–Trinajstić information content (AvgIpc) is 2.35. The zero-order valence-electron chi connectivity index (χ0n) is 9.71. The number of aliphatic hydroxyl groups is 1. The van der Waals surface area contributed by atoms with Gasteiger partial charge in [-0.15, -0.1) is 0 Å². The minimum atomic E-state index is -1.02. The van der Waals surface area contributed by atoms with Gasteiger partial charge in [-0.1, -0.05) is 18.2 Å². The topological polar surface area (TPSA) is 63.6 Å². The third-order valence-corrected chi connectivity index (χ3v) is 2.16. The molecular weight excluding hydrogens is 220 g/mol. The number of carbonyl (C=O) groups is 2. The SMILES string of the molecule is COC(=O)c1cccc(/C=C/C(=O)C(C)O)c1. The van der Waals surface area contributed by atoms with E-state index in [1.807, 2.05) is 0 Å². The first kappa shape index (κ1) is 13.1. The monoisotopic (exact) mass is 234 g/mol. The molecule has 0 saturated heterocycles. The van der Waals surface area contributed by atoms with Crippen molar-refractivity contribution in [2.45, 2.75) is 13.0 Å². The third kappa shape index (κ3) is 3.85. The van der Waals surface area contributed by atoms with Gasteiger partial charge in [0.05, 0.1) is 12.7 Å². The van der Waals surface area contributed by atoms with Crippen LogP contribution in [0.25, 0.3) is 6.08 Å². The predicted molar refractivity (Wildman–Crippen MR) is 63.5 cm³/mol. The van der Waals surface area contributed by atoms with E-state index in [1.165, 1.54) is 20.1 Å². The number of ether oxygens (including phenoxy) is 1. The predicted octanol–water partition coefficient (Wildman–Crippen LogP) is 1.44. The summed E-state index contributed by atoms with van der Waals surface area (Å²) < 4.78 is 4.59. The molecule has 4 heteroatoms. The van der Waals surface area contributed by atoms with Gasteiger partial charge in [-0.25, -0.2) is 4.79 Å². The van der Waals surface area contributed by atoms with Gasteiger partial charge < -0.3 is 9.84 Å². The van der Waals surface area contributed by atoms with Crippen molar-refractivity contribution in [2.24, 2.45) is 0 Å². The molecule has 0 heterocycles. The van der Waals surface area contributed by atoms with Crippen LogP contribution >= 0.6 is 0 Å². The van der Waals surface area contributed by atoms with Gasteiger partial charge in [0.1, 0.15) is 6.10 Å². The van der Waals surface area contributed by atoms with Crippen LogP contribution in [-0.4, -0.2) is 30.1 Å². The Morgan fingerprint density at radius 2 is 2.12 bits per heavy atom. The quantitative estimate of drug-likeness (QED) is 0.632. The summed E-state index contributed by atoms with van der Waals surface area (Å²) in [6.45, 7) is 1.40. The third-order valence-electron chi connectivity index (χ3n) is 2.16. The zero-order chi connectivity index (χ0) is 12.8. The van der Waals surface area contributed by atoms with E-state index < -0.39 is 12.1 Å². The first-order chi connectivity index (χ1) is 8.04. The number of hydrogen-bond acceptors (Lipinski definition) is 4. The lowest BCUT2D eigenvalue weighted by molar-refractivity contribution is -0.121. The first-order valence-electron chi connectivity index (χ1n) is 5.13. The van der Waals surface area contributed by atoms with Gasteiger partial charge in [0.2, 0.25) is 0 Å². The lowest BCUT2D eigenvalue weighted by Gasteiger charge is -2.00. The Bertz CT molecular complexity index is 446. The van der Waals surface area contributed by atoms with Crippen LogP contribution in [0.4, 0.5) is 0 Å². The molecule has 0 aromatic heterocycles. The second-order valence-electron chi connectivity index (χ2n) is 3.53. The van der Waals surface area contributed by atoms with E-state index in [2.05, 4.69) is 4.74 Å². The Balaban J connectivity index is 2.86. The summed E-state index contributed by atoms with van der Waals surface area (Å²) in [5.74, 6) is -0.810. The molecule has 0 fully saturated rings. The molecule has 0 radical (unpaired) electrons. The van der Waals surface area contributed by atoms with Gasteiger partial charge in [0, 0.05) is 0 Å². The number of benzene rings is 1. The van der Waals surface area contributed by atoms with Crippen LogP contribution in [0, 0.1) is 0 Å². The number of ketones is 1. The van der Waals surface area contributed by atoms with Crippen LogP contribution in [0.5, 0.6) is 0 Å². The molecule has 0 bridgehead atoms. The molecule has 0 amide bonds. The van der Waals surface area contributed by atoms with E-state index in [9.17, 15) is 9.59 Å². The average molecular weight is 234 g/mol. The molecule has 4 nitrogen and oxygen atoms in total. The standard InChI is InChI=1S/C13H14O4/c1-9(14)12(15)7-6-10-4-3-5-11(8-10)13(16)17-2/h3-9,14H,1-2H3/b7-6+. The molecule has 1 aromatic carbocycles. The number of aliphatic hydroxyl groups excluding tert-OH is 1. The second kappa shape index (κ2) is 5.96. The largest absolute Gasteiger partial charge is 0.465 e. The Labute approximate surface area is 99.5 Å². The molecule has 0 spiro atoms. The van der Waals surface area contributed by atoms with Crippen molar-refractivity contribution in [2.75, 3.05) is 7.11 Å². The highest BCUT2D eigenvalue weighted by Crippen LogP contribution is 2.08. The second-order valence-corrected chi connectivity index (χ2v) is 3.53. The lowest BCUT2D eigenvalue weighted by Crippen LogP contribution is -2.12. The Kier molecular flexibility index (Phi) is 4.60. The van der Waals surface area contributed by atoms with E-state index in [0.29, 0.717) is 11.1 Å². The van der Waals surface area contributed by atoms with Crippen molar-refractivity contribution in [3.05, 3.63) is 41.5 Å². The molecule has 1 rings (SSSR count). The van der Waals surface area contributed by atoms with E-state index in [0.717, 1.165) is 0 Å². The van der Waals surface area contributed by atoms with Crippen LogP contribution in [0.15, 0.2) is 30.3 Å². The Morgan fingerprint density at radius 3 is 2.71 bits per heavy atom. The molecule has 1 aromatic rings. The van der Waals surface area contributed by atoms with Crippen molar-refractivity contribution in [3.63, 3.8) is 0 Å². The molecule has 90 valence electrons. The molecule has 0 aliphatic heterocycles.